The summed E-state index contributed by atoms with van der Waals surface area (Å²) in [5.74, 6) is 1.64. The second-order valence-corrected chi connectivity index (χ2v) is 6.93. The van der Waals surface area contributed by atoms with Gasteiger partial charge in [0.2, 0.25) is 0 Å². The molecule has 1 atom stereocenters. The molecule has 0 aromatic heterocycles. The van der Waals surface area contributed by atoms with Crippen molar-refractivity contribution in [2.24, 2.45) is 0 Å². The van der Waals surface area contributed by atoms with Crippen LogP contribution in [0.1, 0.15) is 71.8 Å². The molecular formula is C19H33NO. The average Bonchev–Trinajstić information content (AvgIpc) is 2.44. The van der Waals surface area contributed by atoms with E-state index in [1.165, 1.54) is 18.4 Å². The average molecular weight is 291 g/mol. The molecule has 0 radical (unpaired) electrons. The number of benzene rings is 1. The molecule has 0 saturated heterocycles. The molecule has 2 heteroatoms. The molecule has 1 N–H and O–H groups in total. The Labute approximate surface area is 131 Å². The van der Waals surface area contributed by atoms with Gasteiger partial charge in [-0.1, -0.05) is 32.0 Å². The normalized spacial score (nSPS) is 13.2. The molecule has 21 heavy (non-hydrogen) atoms. The van der Waals surface area contributed by atoms with Crippen molar-refractivity contribution in [3.05, 3.63) is 29.8 Å². The Balaban J connectivity index is 2.24. The first kappa shape index (κ1) is 18.0. The van der Waals surface area contributed by atoms with E-state index in [4.69, 9.17) is 4.74 Å². The highest BCUT2D eigenvalue weighted by Crippen LogP contribution is 2.28. The Morgan fingerprint density at radius 3 is 2.48 bits per heavy atom. The molecule has 1 aromatic rings. The predicted octanol–water partition coefficient (Wildman–Crippen LogP) is 5.14. The Kier molecular flexibility index (Phi) is 7.81. The molecule has 1 rings (SSSR count). The van der Waals surface area contributed by atoms with Gasteiger partial charge in [0.1, 0.15) is 5.75 Å². The molecule has 0 saturated carbocycles. The van der Waals surface area contributed by atoms with E-state index in [0.29, 0.717) is 5.92 Å². The van der Waals surface area contributed by atoms with Crippen LogP contribution in [0, 0.1) is 0 Å². The van der Waals surface area contributed by atoms with Crippen molar-refractivity contribution < 1.29 is 4.74 Å². The molecule has 2 nitrogen and oxygen atoms in total. The lowest BCUT2D eigenvalue weighted by Gasteiger charge is -2.20. The molecule has 1 aromatic carbocycles. The van der Waals surface area contributed by atoms with Crippen LogP contribution in [-0.4, -0.2) is 18.7 Å². The summed E-state index contributed by atoms with van der Waals surface area (Å²) in [6.07, 6.45) is 4.71. The lowest BCUT2D eigenvalue weighted by Crippen LogP contribution is -2.36. The fourth-order valence-corrected chi connectivity index (χ4v) is 2.29. The van der Waals surface area contributed by atoms with Crippen LogP contribution < -0.4 is 10.1 Å². The van der Waals surface area contributed by atoms with Crippen LogP contribution in [0.3, 0.4) is 0 Å². The van der Waals surface area contributed by atoms with Crippen LogP contribution in [0.15, 0.2) is 24.3 Å². The van der Waals surface area contributed by atoms with E-state index < -0.39 is 0 Å². The quantitative estimate of drug-likeness (QED) is 0.636. The summed E-state index contributed by atoms with van der Waals surface area (Å²) in [5, 5.41) is 3.52. The van der Waals surface area contributed by atoms with Crippen molar-refractivity contribution >= 4 is 0 Å². The summed E-state index contributed by atoms with van der Waals surface area (Å²) < 4.78 is 5.99. The maximum atomic E-state index is 5.99. The first-order valence-corrected chi connectivity index (χ1v) is 8.41. The van der Waals surface area contributed by atoms with Gasteiger partial charge in [0.05, 0.1) is 6.61 Å². The van der Waals surface area contributed by atoms with Gasteiger partial charge in [-0.2, -0.15) is 0 Å². The van der Waals surface area contributed by atoms with Crippen molar-refractivity contribution in [3.63, 3.8) is 0 Å². The van der Waals surface area contributed by atoms with E-state index in [9.17, 15) is 0 Å². The molecule has 0 bridgehead atoms. The third-order valence-electron chi connectivity index (χ3n) is 3.80. The van der Waals surface area contributed by atoms with Crippen LogP contribution in [0.2, 0.25) is 0 Å². The highest BCUT2D eigenvalue weighted by molar-refractivity contribution is 5.35. The van der Waals surface area contributed by atoms with Crippen molar-refractivity contribution in [1.29, 1.82) is 0 Å². The third-order valence-corrected chi connectivity index (χ3v) is 3.80. The van der Waals surface area contributed by atoms with Gasteiger partial charge in [0.25, 0.3) is 0 Å². The molecule has 0 spiro atoms. The molecule has 0 aliphatic rings. The summed E-state index contributed by atoms with van der Waals surface area (Å²) in [4.78, 5) is 0. The monoisotopic (exact) mass is 291 g/mol. The smallest absolute Gasteiger partial charge is 0.122 e. The van der Waals surface area contributed by atoms with Gasteiger partial charge in [-0.05, 0) is 70.5 Å². The topological polar surface area (TPSA) is 21.3 Å². The van der Waals surface area contributed by atoms with Gasteiger partial charge in [-0.3, -0.25) is 0 Å². The lowest BCUT2D eigenvalue weighted by atomic mass is 9.98. The largest absolute Gasteiger partial charge is 0.493 e. The van der Waals surface area contributed by atoms with Gasteiger partial charge < -0.3 is 10.1 Å². The summed E-state index contributed by atoms with van der Waals surface area (Å²) in [6, 6.07) is 8.46. The minimum absolute atomic E-state index is 0.228. The molecule has 0 aliphatic carbocycles. The number of hydrogen-bond donors (Lipinski definition) is 1. The third kappa shape index (κ3) is 7.52. The predicted molar refractivity (Wildman–Crippen MR) is 92.2 cm³/mol. The van der Waals surface area contributed by atoms with E-state index in [-0.39, 0.29) is 5.54 Å². The zero-order valence-electron chi connectivity index (χ0n) is 14.5. The van der Waals surface area contributed by atoms with Crippen LogP contribution in [-0.2, 0) is 0 Å². The van der Waals surface area contributed by atoms with E-state index in [2.05, 4.69) is 64.2 Å². The standard InChI is InChI=1S/C19H33NO/c1-6-16(2)17-12-8-9-13-18(17)21-15-11-7-10-14-20-19(3,4)5/h8-9,12-13,16,20H,6-7,10-11,14-15H2,1-5H3. The van der Waals surface area contributed by atoms with Gasteiger partial charge in [-0.15, -0.1) is 0 Å². The summed E-state index contributed by atoms with van der Waals surface area (Å²) in [7, 11) is 0. The van der Waals surface area contributed by atoms with Gasteiger partial charge in [-0.25, -0.2) is 0 Å². The highest BCUT2D eigenvalue weighted by atomic mass is 16.5. The van der Waals surface area contributed by atoms with Crippen LogP contribution in [0.25, 0.3) is 0 Å². The Bertz CT molecular complexity index is 395. The fraction of sp³-hybridized carbons (Fsp3) is 0.684. The van der Waals surface area contributed by atoms with Crippen LogP contribution >= 0.6 is 0 Å². The van der Waals surface area contributed by atoms with Crippen LogP contribution in [0.5, 0.6) is 5.75 Å². The Hall–Kier alpha value is -1.02. The Morgan fingerprint density at radius 2 is 1.81 bits per heavy atom. The SMILES string of the molecule is CCC(C)c1ccccc1OCCCCCNC(C)(C)C. The van der Waals surface area contributed by atoms with Gasteiger partial charge >= 0.3 is 0 Å². The summed E-state index contributed by atoms with van der Waals surface area (Å²) in [6.45, 7) is 13.0. The number of para-hydroxylation sites is 1. The molecule has 120 valence electrons. The number of rotatable bonds is 9. The maximum absolute atomic E-state index is 5.99. The summed E-state index contributed by atoms with van der Waals surface area (Å²) >= 11 is 0. The zero-order chi connectivity index (χ0) is 15.7. The highest BCUT2D eigenvalue weighted by Gasteiger charge is 2.09. The van der Waals surface area contributed by atoms with Crippen molar-refractivity contribution in [2.75, 3.05) is 13.2 Å². The second kappa shape index (κ2) is 9.09. The minimum Gasteiger partial charge on any atom is -0.493 e. The molecule has 1 unspecified atom stereocenters. The van der Waals surface area contributed by atoms with E-state index >= 15 is 0 Å². The van der Waals surface area contributed by atoms with Crippen molar-refractivity contribution in [3.8, 4) is 5.75 Å². The van der Waals surface area contributed by atoms with Crippen molar-refractivity contribution in [1.82, 2.24) is 5.32 Å². The second-order valence-electron chi connectivity index (χ2n) is 6.93. The molecule has 0 amide bonds. The lowest BCUT2D eigenvalue weighted by molar-refractivity contribution is 0.298. The fourth-order valence-electron chi connectivity index (χ4n) is 2.29. The Morgan fingerprint density at radius 1 is 1.10 bits per heavy atom. The summed E-state index contributed by atoms with van der Waals surface area (Å²) in [5.41, 5.74) is 1.57. The van der Waals surface area contributed by atoms with Gasteiger partial charge in [0, 0.05) is 5.54 Å². The maximum Gasteiger partial charge on any atom is 0.122 e. The van der Waals surface area contributed by atoms with Crippen molar-refractivity contribution in [2.45, 2.75) is 71.8 Å². The molecule has 0 fully saturated rings. The molecule has 0 heterocycles. The first-order valence-electron chi connectivity index (χ1n) is 8.41. The number of unbranched alkanes of at least 4 members (excludes halogenated alkanes) is 2. The van der Waals surface area contributed by atoms with Gasteiger partial charge in [0.15, 0.2) is 0 Å². The number of hydrogen-bond acceptors (Lipinski definition) is 2. The molecular weight excluding hydrogens is 258 g/mol. The van der Waals surface area contributed by atoms with E-state index in [1.54, 1.807) is 0 Å². The first-order chi connectivity index (χ1) is 9.94. The number of nitrogens with one attached hydrogen (secondary N) is 1. The zero-order valence-corrected chi connectivity index (χ0v) is 14.5. The van der Waals surface area contributed by atoms with E-state index in [0.717, 1.165) is 31.7 Å². The minimum atomic E-state index is 0.228. The number of ether oxygens (including phenoxy) is 1. The molecule has 0 aliphatic heterocycles. The van der Waals surface area contributed by atoms with Crippen LogP contribution in [0.4, 0.5) is 0 Å². The van der Waals surface area contributed by atoms with E-state index in [1.807, 2.05) is 0 Å².